The minimum Gasteiger partial charge on any atom is -0.384 e. The van der Waals surface area contributed by atoms with Crippen molar-refractivity contribution in [3.05, 3.63) is 12.2 Å². The molecule has 0 aromatic rings. The van der Waals surface area contributed by atoms with Gasteiger partial charge in [0.05, 0.1) is 6.61 Å². The molecule has 0 aromatic heterocycles. The number of hydrogen-bond donors (Lipinski definition) is 1. The molecule has 0 aliphatic heterocycles. The second kappa shape index (κ2) is 7.58. The second-order valence-electron chi connectivity index (χ2n) is 14.9. The van der Waals surface area contributed by atoms with Crippen LogP contribution >= 0.6 is 0 Å². The van der Waals surface area contributed by atoms with Crippen molar-refractivity contribution in [1.29, 1.82) is 0 Å². The summed E-state index contributed by atoms with van der Waals surface area (Å²) in [4.78, 5) is 0. The zero-order valence-corrected chi connectivity index (χ0v) is 22.9. The third-order valence-electron chi connectivity index (χ3n) is 13.8. The lowest BCUT2D eigenvalue weighted by Gasteiger charge is -2.73. The minimum atomic E-state index is 0.267. The standard InChI is InChI=1S/C31H53NO/c1-20(2)21-11-16-31(19-33-8)18-17-29(6)22(26(21)31)9-10-24-28(5)14-13-25(32)27(3,4)23(28)12-15-30(24,29)7/h21-26H,1,9-19,32H2,2-8H3/t21-,22?,23?,24?,25-,26?,28-,29+,30+,31+/m0/s1. The van der Waals surface area contributed by atoms with Crippen molar-refractivity contribution < 1.29 is 4.74 Å². The van der Waals surface area contributed by atoms with Crippen LogP contribution in [0.25, 0.3) is 0 Å². The summed E-state index contributed by atoms with van der Waals surface area (Å²) in [5.74, 6) is 3.91. The van der Waals surface area contributed by atoms with Gasteiger partial charge in [-0.25, -0.2) is 0 Å². The molecular formula is C31H53NO. The van der Waals surface area contributed by atoms with Crippen LogP contribution in [0.1, 0.15) is 106 Å². The van der Waals surface area contributed by atoms with Crippen molar-refractivity contribution in [1.82, 2.24) is 0 Å². The Morgan fingerprint density at radius 3 is 2.24 bits per heavy atom. The highest BCUT2D eigenvalue weighted by atomic mass is 16.5. The first kappa shape index (κ1) is 24.4. The van der Waals surface area contributed by atoms with E-state index >= 15 is 0 Å². The molecular weight excluding hydrogens is 402 g/mol. The van der Waals surface area contributed by atoms with Crippen LogP contribution in [0.15, 0.2) is 12.2 Å². The maximum Gasteiger partial charge on any atom is 0.0521 e. The van der Waals surface area contributed by atoms with Crippen LogP contribution in [0.3, 0.4) is 0 Å². The van der Waals surface area contributed by atoms with E-state index in [1.807, 2.05) is 7.11 Å². The molecule has 10 atom stereocenters. The second-order valence-corrected chi connectivity index (χ2v) is 14.9. The first-order chi connectivity index (χ1) is 15.4. The molecule has 2 nitrogen and oxygen atoms in total. The highest BCUT2D eigenvalue weighted by molar-refractivity contribution is 5.21. The van der Waals surface area contributed by atoms with Gasteiger partial charge in [-0.2, -0.15) is 0 Å². The molecule has 5 aliphatic carbocycles. The van der Waals surface area contributed by atoms with Gasteiger partial charge in [-0.3, -0.25) is 0 Å². The van der Waals surface area contributed by atoms with Gasteiger partial charge >= 0.3 is 0 Å². The Morgan fingerprint density at radius 2 is 1.58 bits per heavy atom. The first-order valence-electron chi connectivity index (χ1n) is 14.3. The molecule has 188 valence electrons. The van der Waals surface area contributed by atoms with E-state index in [9.17, 15) is 0 Å². The largest absolute Gasteiger partial charge is 0.384 e. The molecule has 0 bridgehead atoms. The molecule has 5 fully saturated rings. The van der Waals surface area contributed by atoms with Gasteiger partial charge in [-0.15, -0.1) is 0 Å². The van der Waals surface area contributed by atoms with Crippen LogP contribution < -0.4 is 5.73 Å². The maximum atomic E-state index is 6.74. The molecule has 5 aliphatic rings. The smallest absolute Gasteiger partial charge is 0.0521 e. The molecule has 0 heterocycles. The Labute approximate surface area is 204 Å². The van der Waals surface area contributed by atoms with Crippen molar-refractivity contribution in [2.45, 2.75) is 112 Å². The molecule has 4 unspecified atom stereocenters. The highest BCUT2D eigenvalue weighted by Crippen LogP contribution is 2.77. The zero-order chi connectivity index (χ0) is 24.0. The van der Waals surface area contributed by atoms with Crippen LogP contribution in [0, 0.1) is 56.7 Å². The van der Waals surface area contributed by atoms with Crippen molar-refractivity contribution >= 4 is 0 Å². The first-order valence-corrected chi connectivity index (χ1v) is 14.3. The van der Waals surface area contributed by atoms with E-state index in [0.29, 0.717) is 33.6 Å². The Balaban J connectivity index is 1.54. The van der Waals surface area contributed by atoms with Crippen LogP contribution in [0.4, 0.5) is 0 Å². The molecule has 0 aromatic carbocycles. The van der Waals surface area contributed by atoms with Crippen molar-refractivity contribution in [2.24, 2.45) is 62.4 Å². The summed E-state index contributed by atoms with van der Waals surface area (Å²) in [6.07, 6.45) is 13.6. The average molecular weight is 456 g/mol. The number of methoxy groups -OCH3 is 1. The van der Waals surface area contributed by atoms with E-state index in [4.69, 9.17) is 10.5 Å². The fraction of sp³-hybridized carbons (Fsp3) is 0.935. The molecule has 0 amide bonds. The SMILES string of the molecule is C=C(C)[C@@H]1CC[C@]2(COC)CC[C@]3(C)C(CCC4[C@@]5(C)CC[C@H](N)C(C)(C)C5CC[C@]43C)C12. The lowest BCUT2D eigenvalue weighted by atomic mass is 9.32. The summed E-state index contributed by atoms with van der Waals surface area (Å²) >= 11 is 0. The highest BCUT2D eigenvalue weighted by Gasteiger charge is 2.70. The summed E-state index contributed by atoms with van der Waals surface area (Å²) in [6, 6.07) is 0.367. The van der Waals surface area contributed by atoms with E-state index in [1.165, 1.54) is 69.8 Å². The number of allylic oxidation sites excluding steroid dienone is 1. The fourth-order valence-corrected chi connectivity index (χ4v) is 11.9. The van der Waals surface area contributed by atoms with Gasteiger partial charge in [0.2, 0.25) is 0 Å². The van der Waals surface area contributed by atoms with Gasteiger partial charge in [0.25, 0.3) is 0 Å². The van der Waals surface area contributed by atoms with Crippen LogP contribution in [0.2, 0.25) is 0 Å². The third-order valence-corrected chi connectivity index (χ3v) is 13.8. The normalized spacial score (nSPS) is 55.2. The van der Waals surface area contributed by atoms with Gasteiger partial charge in [-0.1, -0.05) is 46.8 Å². The Morgan fingerprint density at radius 1 is 0.848 bits per heavy atom. The van der Waals surface area contributed by atoms with Gasteiger partial charge in [0, 0.05) is 13.2 Å². The minimum absolute atomic E-state index is 0.267. The quantitative estimate of drug-likeness (QED) is 0.444. The lowest BCUT2D eigenvalue weighted by molar-refractivity contribution is -0.241. The number of rotatable bonds is 3. The molecule has 2 heteroatoms. The van der Waals surface area contributed by atoms with Gasteiger partial charge in [-0.05, 0) is 128 Å². The topological polar surface area (TPSA) is 35.2 Å². The number of nitrogens with two attached hydrogens (primary N) is 1. The fourth-order valence-electron chi connectivity index (χ4n) is 11.9. The van der Waals surface area contributed by atoms with Gasteiger partial charge in [0.15, 0.2) is 0 Å². The molecule has 33 heavy (non-hydrogen) atoms. The predicted molar refractivity (Wildman–Crippen MR) is 139 cm³/mol. The van der Waals surface area contributed by atoms with E-state index in [0.717, 1.165) is 30.3 Å². The number of fused-ring (bicyclic) bond motifs is 7. The average Bonchev–Trinajstić information content (AvgIpc) is 3.12. The molecule has 5 rings (SSSR count). The lowest BCUT2D eigenvalue weighted by Crippen LogP contribution is -2.67. The van der Waals surface area contributed by atoms with E-state index in [-0.39, 0.29) is 5.41 Å². The Hall–Kier alpha value is -0.340. The molecule has 0 radical (unpaired) electrons. The van der Waals surface area contributed by atoms with Crippen molar-refractivity contribution in [2.75, 3.05) is 13.7 Å². The summed E-state index contributed by atoms with van der Waals surface area (Å²) in [5.41, 5.74) is 10.2. The van der Waals surface area contributed by atoms with Gasteiger partial charge < -0.3 is 10.5 Å². The van der Waals surface area contributed by atoms with Crippen LogP contribution in [0.5, 0.6) is 0 Å². The van der Waals surface area contributed by atoms with E-state index in [2.05, 4.69) is 48.1 Å². The zero-order valence-electron chi connectivity index (χ0n) is 22.9. The molecule has 2 N–H and O–H groups in total. The molecule has 0 saturated heterocycles. The molecule has 5 saturated carbocycles. The monoisotopic (exact) mass is 455 g/mol. The molecule has 0 spiro atoms. The third kappa shape index (κ3) is 2.98. The number of hydrogen-bond acceptors (Lipinski definition) is 2. The van der Waals surface area contributed by atoms with Gasteiger partial charge in [0.1, 0.15) is 0 Å². The predicted octanol–water partition coefficient (Wildman–Crippen LogP) is 7.62. The Kier molecular flexibility index (Phi) is 5.60. The summed E-state index contributed by atoms with van der Waals surface area (Å²) in [6.45, 7) is 21.0. The van der Waals surface area contributed by atoms with E-state index in [1.54, 1.807) is 0 Å². The summed E-state index contributed by atoms with van der Waals surface area (Å²) in [5, 5.41) is 0. The summed E-state index contributed by atoms with van der Waals surface area (Å²) in [7, 11) is 1.93. The maximum absolute atomic E-state index is 6.74. The van der Waals surface area contributed by atoms with Crippen molar-refractivity contribution in [3.63, 3.8) is 0 Å². The Bertz CT molecular complexity index is 803. The van der Waals surface area contributed by atoms with E-state index < -0.39 is 0 Å². The van der Waals surface area contributed by atoms with Crippen LogP contribution in [-0.2, 0) is 4.74 Å². The summed E-state index contributed by atoms with van der Waals surface area (Å²) < 4.78 is 5.94. The number of ether oxygens (including phenoxy) is 1. The van der Waals surface area contributed by atoms with Crippen molar-refractivity contribution in [3.8, 4) is 0 Å². The van der Waals surface area contributed by atoms with Crippen LogP contribution in [-0.4, -0.2) is 19.8 Å².